The van der Waals surface area contributed by atoms with Crippen molar-refractivity contribution in [3.05, 3.63) is 82.6 Å². The van der Waals surface area contributed by atoms with Gasteiger partial charge in [0.05, 0.1) is 12.8 Å². The van der Waals surface area contributed by atoms with Crippen molar-refractivity contribution in [2.75, 3.05) is 7.11 Å². The number of rotatable bonds is 8. The van der Waals surface area contributed by atoms with Crippen molar-refractivity contribution in [1.29, 1.82) is 0 Å². The zero-order valence-electron chi connectivity index (χ0n) is 19.7. The third-order valence-electron chi connectivity index (χ3n) is 5.13. The highest BCUT2D eigenvalue weighted by atomic mass is 16.5. The predicted octanol–water partition coefficient (Wildman–Crippen LogP) is 5.08. The largest absolute Gasteiger partial charge is 0.496 e. The lowest BCUT2D eigenvalue weighted by molar-refractivity contribution is -0.116. The Morgan fingerprint density at radius 2 is 1.97 bits per heavy atom. The SMILES string of the molecule is C/C=C(C)\C=C/C(NC(=O)/C(N)=C/c1nccc(-c2ccc(C)c(OC)c2)n1)=C(C)CC. The summed E-state index contributed by atoms with van der Waals surface area (Å²) in [6.45, 7) is 9.97. The molecule has 168 valence electrons. The maximum absolute atomic E-state index is 12.7. The van der Waals surface area contributed by atoms with Gasteiger partial charge in [-0.2, -0.15) is 0 Å². The van der Waals surface area contributed by atoms with Crippen LogP contribution in [0.5, 0.6) is 5.75 Å². The molecular weight excluding hydrogens is 400 g/mol. The summed E-state index contributed by atoms with van der Waals surface area (Å²) in [5, 5.41) is 2.90. The number of hydrogen-bond donors (Lipinski definition) is 2. The van der Waals surface area contributed by atoms with Gasteiger partial charge in [0.25, 0.3) is 5.91 Å². The number of benzene rings is 1. The van der Waals surface area contributed by atoms with E-state index in [2.05, 4.69) is 15.3 Å². The molecule has 32 heavy (non-hydrogen) atoms. The number of nitrogens with two attached hydrogens (primary N) is 1. The van der Waals surface area contributed by atoms with Crippen molar-refractivity contribution in [2.24, 2.45) is 5.73 Å². The summed E-state index contributed by atoms with van der Waals surface area (Å²) in [5.41, 5.74) is 11.6. The van der Waals surface area contributed by atoms with E-state index in [4.69, 9.17) is 10.5 Å². The van der Waals surface area contributed by atoms with Crippen LogP contribution >= 0.6 is 0 Å². The van der Waals surface area contributed by atoms with Gasteiger partial charge in [0, 0.05) is 23.5 Å². The summed E-state index contributed by atoms with van der Waals surface area (Å²) >= 11 is 0. The first-order valence-corrected chi connectivity index (χ1v) is 10.6. The highest BCUT2D eigenvalue weighted by molar-refractivity contribution is 5.97. The number of hydrogen-bond acceptors (Lipinski definition) is 5. The fourth-order valence-electron chi connectivity index (χ4n) is 2.77. The van der Waals surface area contributed by atoms with Crippen LogP contribution in [-0.2, 0) is 4.79 Å². The van der Waals surface area contributed by atoms with Crippen LogP contribution in [0.3, 0.4) is 0 Å². The van der Waals surface area contributed by atoms with Crippen LogP contribution in [0.25, 0.3) is 17.3 Å². The number of ether oxygens (including phenoxy) is 1. The number of nitrogens with one attached hydrogen (secondary N) is 1. The average Bonchev–Trinajstić information content (AvgIpc) is 2.81. The Morgan fingerprint density at radius 3 is 2.62 bits per heavy atom. The molecule has 1 aromatic carbocycles. The van der Waals surface area contributed by atoms with Gasteiger partial charge in [-0.3, -0.25) is 4.79 Å². The molecule has 1 heterocycles. The van der Waals surface area contributed by atoms with Crippen molar-refractivity contribution in [2.45, 2.75) is 41.0 Å². The molecule has 0 spiro atoms. The van der Waals surface area contributed by atoms with E-state index in [-0.39, 0.29) is 5.70 Å². The van der Waals surface area contributed by atoms with Gasteiger partial charge in [0.1, 0.15) is 11.4 Å². The molecule has 0 aliphatic heterocycles. The molecule has 1 amide bonds. The average molecular weight is 433 g/mol. The van der Waals surface area contributed by atoms with Gasteiger partial charge in [-0.15, -0.1) is 0 Å². The first kappa shape index (κ1) is 24.6. The molecular formula is C26H32N4O2. The number of aryl methyl sites for hydroxylation is 1. The van der Waals surface area contributed by atoms with E-state index in [0.717, 1.165) is 40.1 Å². The first-order valence-electron chi connectivity index (χ1n) is 10.6. The second kappa shape index (κ2) is 11.6. The Kier molecular flexibility index (Phi) is 8.95. The monoisotopic (exact) mass is 432 g/mol. The van der Waals surface area contributed by atoms with Crippen LogP contribution in [0.4, 0.5) is 0 Å². The zero-order chi connectivity index (χ0) is 23.7. The van der Waals surface area contributed by atoms with E-state index in [9.17, 15) is 4.79 Å². The molecule has 6 nitrogen and oxygen atoms in total. The molecule has 2 aromatic rings. The molecule has 6 heteroatoms. The van der Waals surface area contributed by atoms with Crippen LogP contribution in [0.2, 0.25) is 0 Å². The predicted molar refractivity (Wildman–Crippen MR) is 131 cm³/mol. The topological polar surface area (TPSA) is 90.1 Å². The summed E-state index contributed by atoms with van der Waals surface area (Å²) in [5.74, 6) is 0.734. The highest BCUT2D eigenvalue weighted by Crippen LogP contribution is 2.25. The summed E-state index contributed by atoms with van der Waals surface area (Å²) in [4.78, 5) is 21.5. The minimum Gasteiger partial charge on any atom is -0.496 e. The van der Waals surface area contributed by atoms with Crippen LogP contribution in [0.15, 0.2) is 71.2 Å². The van der Waals surface area contributed by atoms with E-state index in [0.29, 0.717) is 11.5 Å². The number of carbonyl (C=O) groups is 1. The molecule has 0 saturated carbocycles. The highest BCUT2D eigenvalue weighted by Gasteiger charge is 2.10. The van der Waals surface area contributed by atoms with Gasteiger partial charge in [-0.25, -0.2) is 9.97 Å². The summed E-state index contributed by atoms with van der Waals surface area (Å²) in [6, 6.07) is 7.66. The molecule has 0 unspecified atom stereocenters. The Balaban J connectivity index is 2.27. The maximum atomic E-state index is 12.7. The lowest BCUT2D eigenvalue weighted by Crippen LogP contribution is -2.28. The third-order valence-corrected chi connectivity index (χ3v) is 5.13. The normalized spacial score (nSPS) is 13.2. The van der Waals surface area contributed by atoms with E-state index in [1.807, 2.05) is 71.0 Å². The van der Waals surface area contributed by atoms with Crippen LogP contribution < -0.4 is 15.8 Å². The number of methoxy groups -OCH3 is 1. The van der Waals surface area contributed by atoms with Crippen molar-refractivity contribution < 1.29 is 9.53 Å². The second-order valence-electron chi connectivity index (χ2n) is 7.45. The number of aromatic nitrogens is 2. The second-order valence-corrected chi connectivity index (χ2v) is 7.45. The van der Waals surface area contributed by atoms with Crippen LogP contribution in [0.1, 0.15) is 45.5 Å². The van der Waals surface area contributed by atoms with Crippen LogP contribution in [-0.4, -0.2) is 23.0 Å². The molecule has 0 radical (unpaired) electrons. The zero-order valence-corrected chi connectivity index (χ0v) is 19.7. The number of allylic oxidation sites excluding steroid dienone is 5. The van der Waals surface area contributed by atoms with Crippen molar-refractivity contribution in [3.63, 3.8) is 0 Å². The Morgan fingerprint density at radius 1 is 1.22 bits per heavy atom. The molecule has 0 atom stereocenters. The van der Waals surface area contributed by atoms with E-state index in [1.54, 1.807) is 19.4 Å². The lowest BCUT2D eigenvalue weighted by atomic mass is 10.1. The molecule has 1 aromatic heterocycles. The standard InChI is InChI=1S/C26H32N4O2/c1-7-17(3)9-12-22(18(4)8-2)30-26(31)21(27)16-25-28-14-13-23(29-25)20-11-10-19(5)24(15-20)32-6/h7,9-16H,8,27H2,1-6H3,(H,30,31)/b12-9-,17-7-,21-16-,22-18?. The quantitative estimate of drug-likeness (QED) is 0.448. The van der Waals surface area contributed by atoms with Gasteiger partial charge in [0.2, 0.25) is 0 Å². The number of nitrogens with zero attached hydrogens (tertiary/aromatic N) is 2. The first-order chi connectivity index (χ1) is 15.3. The smallest absolute Gasteiger partial charge is 0.271 e. The van der Waals surface area contributed by atoms with E-state index >= 15 is 0 Å². The summed E-state index contributed by atoms with van der Waals surface area (Å²) in [7, 11) is 1.64. The van der Waals surface area contributed by atoms with Gasteiger partial charge in [0.15, 0.2) is 5.82 Å². The van der Waals surface area contributed by atoms with Gasteiger partial charge >= 0.3 is 0 Å². The third kappa shape index (κ3) is 6.67. The minimum absolute atomic E-state index is 0.0289. The van der Waals surface area contributed by atoms with E-state index < -0.39 is 5.91 Å². The van der Waals surface area contributed by atoms with Gasteiger partial charge in [-0.1, -0.05) is 36.8 Å². The van der Waals surface area contributed by atoms with Crippen LogP contribution in [0, 0.1) is 6.92 Å². The maximum Gasteiger partial charge on any atom is 0.271 e. The van der Waals surface area contributed by atoms with Crippen molar-refractivity contribution in [3.8, 4) is 17.0 Å². The molecule has 0 aliphatic carbocycles. The number of carbonyl (C=O) groups excluding carboxylic acids is 1. The Labute approximate surface area is 190 Å². The fourth-order valence-corrected chi connectivity index (χ4v) is 2.77. The Bertz CT molecular complexity index is 1090. The lowest BCUT2D eigenvalue weighted by Gasteiger charge is -2.10. The van der Waals surface area contributed by atoms with Crippen molar-refractivity contribution >= 4 is 12.0 Å². The molecule has 3 N–H and O–H groups in total. The Hall–Kier alpha value is -3.67. The van der Waals surface area contributed by atoms with E-state index in [1.165, 1.54) is 6.08 Å². The molecule has 0 saturated heterocycles. The summed E-state index contributed by atoms with van der Waals surface area (Å²) in [6.07, 6.45) is 9.77. The number of amides is 1. The van der Waals surface area contributed by atoms with Crippen molar-refractivity contribution in [1.82, 2.24) is 15.3 Å². The molecule has 2 rings (SSSR count). The minimum atomic E-state index is -0.401. The molecule has 0 bridgehead atoms. The molecule has 0 fully saturated rings. The summed E-state index contributed by atoms with van der Waals surface area (Å²) < 4.78 is 5.40. The van der Waals surface area contributed by atoms with Gasteiger partial charge < -0.3 is 15.8 Å². The van der Waals surface area contributed by atoms with Gasteiger partial charge in [-0.05, 0) is 63.5 Å². The fraction of sp³-hybridized carbons (Fsp3) is 0.269. The molecule has 0 aliphatic rings.